The lowest BCUT2D eigenvalue weighted by atomic mass is 9.86. The minimum absolute atomic E-state index is 0.223. The van der Waals surface area contributed by atoms with Crippen molar-refractivity contribution in [1.29, 1.82) is 0 Å². The third kappa shape index (κ3) is 3.73. The maximum absolute atomic E-state index is 5.97. The van der Waals surface area contributed by atoms with Crippen LogP contribution in [0.1, 0.15) is 45.1 Å². The van der Waals surface area contributed by atoms with Gasteiger partial charge in [-0.1, -0.05) is 25.1 Å². The molecular formula is C17H28N2. The SMILES string of the molecule is CC(N)Cc1ccccc1N(C)C1CCC(C)CC1. The second-order valence-electron chi connectivity index (χ2n) is 6.33. The number of hydrogen-bond donors (Lipinski definition) is 1. The van der Waals surface area contributed by atoms with Gasteiger partial charge in [0.1, 0.15) is 0 Å². The third-order valence-electron chi connectivity index (χ3n) is 4.45. The first-order valence-electron chi connectivity index (χ1n) is 7.64. The Labute approximate surface area is 118 Å². The van der Waals surface area contributed by atoms with E-state index < -0.39 is 0 Å². The van der Waals surface area contributed by atoms with Gasteiger partial charge in [-0.2, -0.15) is 0 Å². The molecule has 2 heteroatoms. The first-order chi connectivity index (χ1) is 9.08. The average Bonchev–Trinajstić information content (AvgIpc) is 2.39. The molecule has 0 radical (unpaired) electrons. The van der Waals surface area contributed by atoms with Gasteiger partial charge in [-0.25, -0.2) is 0 Å². The van der Waals surface area contributed by atoms with Crippen LogP contribution in [0.4, 0.5) is 5.69 Å². The highest BCUT2D eigenvalue weighted by atomic mass is 15.1. The normalized spacial score (nSPS) is 25.1. The molecule has 0 bridgehead atoms. The molecule has 2 N–H and O–H groups in total. The standard InChI is InChI=1S/C17H28N2/c1-13-8-10-16(11-9-13)19(3)17-7-5-4-6-15(17)12-14(2)18/h4-7,13-14,16H,8-12,18H2,1-3H3. The van der Waals surface area contributed by atoms with E-state index >= 15 is 0 Å². The van der Waals surface area contributed by atoms with Crippen molar-refractivity contribution in [3.05, 3.63) is 29.8 Å². The van der Waals surface area contributed by atoms with Gasteiger partial charge < -0.3 is 10.6 Å². The zero-order chi connectivity index (χ0) is 13.8. The maximum Gasteiger partial charge on any atom is 0.0399 e. The van der Waals surface area contributed by atoms with Crippen molar-refractivity contribution in [2.45, 2.75) is 58.0 Å². The van der Waals surface area contributed by atoms with E-state index in [0.717, 1.165) is 12.3 Å². The maximum atomic E-state index is 5.97. The van der Waals surface area contributed by atoms with E-state index in [9.17, 15) is 0 Å². The van der Waals surface area contributed by atoms with Gasteiger partial charge >= 0.3 is 0 Å². The second kappa shape index (κ2) is 6.42. The Morgan fingerprint density at radius 3 is 2.47 bits per heavy atom. The fraction of sp³-hybridized carbons (Fsp3) is 0.647. The molecule has 0 aliphatic heterocycles. The van der Waals surface area contributed by atoms with Gasteiger partial charge in [-0.15, -0.1) is 0 Å². The van der Waals surface area contributed by atoms with Crippen LogP contribution in [0.15, 0.2) is 24.3 Å². The molecule has 1 saturated carbocycles. The lowest BCUT2D eigenvalue weighted by molar-refractivity contribution is 0.340. The van der Waals surface area contributed by atoms with E-state index in [2.05, 4.69) is 50.1 Å². The molecule has 1 aliphatic carbocycles. The molecule has 0 heterocycles. The summed E-state index contributed by atoms with van der Waals surface area (Å²) in [6, 6.07) is 9.66. The Kier molecular flexibility index (Phi) is 4.87. The minimum Gasteiger partial charge on any atom is -0.371 e. The molecule has 0 amide bonds. The van der Waals surface area contributed by atoms with Crippen LogP contribution in [-0.4, -0.2) is 19.1 Å². The van der Waals surface area contributed by atoms with Crippen LogP contribution in [0, 0.1) is 5.92 Å². The summed E-state index contributed by atoms with van der Waals surface area (Å²) in [6.45, 7) is 4.46. The predicted octanol–water partition coefficient (Wildman–Crippen LogP) is 3.59. The lowest BCUT2D eigenvalue weighted by Crippen LogP contribution is -2.35. The fourth-order valence-corrected chi connectivity index (χ4v) is 3.20. The molecule has 1 aromatic rings. The topological polar surface area (TPSA) is 29.3 Å². The van der Waals surface area contributed by atoms with Crippen molar-refractivity contribution < 1.29 is 0 Å². The molecule has 106 valence electrons. The van der Waals surface area contributed by atoms with E-state index in [-0.39, 0.29) is 6.04 Å². The molecule has 1 unspecified atom stereocenters. The summed E-state index contributed by atoms with van der Waals surface area (Å²) >= 11 is 0. The molecule has 0 spiro atoms. The predicted molar refractivity (Wildman–Crippen MR) is 83.6 cm³/mol. The fourth-order valence-electron chi connectivity index (χ4n) is 3.20. The monoisotopic (exact) mass is 260 g/mol. The number of nitrogens with zero attached hydrogens (tertiary/aromatic N) is 1. The second-order valence-corrected chi connectivity index (χ2v) is 6.33. The van der Waals surface area contributed by atoms with Gasteiger partial charge in [0.15, 0.2) is 0 Å². The number of benzene rings is 1. The summed E-state index contributed by atoms with van der Waals surface area (Å²) in [7, 11) is 2.25. The Bertz CT molecular complexity index is 392. The molecule has 1 aliphatic rings. The van der Waals surface area contributed by atoms with Crippen molar-refractivity contribution in [3.63, 3.8) is 0 Å². The van der Waals surface area contributed by atoms with Crippen LogP contribution in [0.25, 0.3) is 0 Å². The highest BCUT2D eigenvalue weighted by molar-refractivity contribution is 5.54. The third-order valence-corrected chi connectivity index (χ3v) is 4.45. The molecule has 2 nitrogen and oxygen atoms in total. The van der Waals surface area contributed by atoms with Crippen LogP contribution in [-0.2, 0) is 6.42 Å². The average molecular weight is 260 g/mol. The molecule has 0 saturated heterocycles. The molecule has 19 heavy (non-hydrogen) atoms. The minimum atomic E-state index is 0.223. The summed E-state index contributed by atoms with van der Waals surface area (Å²) in [5.41, 5.74) is 8.73. The highest BCUT2D eigenvalue weighted by Crippen LogP contribution is 2.31. The van der Waals surface area contributed by atoms with Crippen molar-refractivity contribution in [2.24, 2.45) is 11.7 Å². The number of rotatable bonds is 4. The van der Waals surface area contributed by atoms with Crippen molar-refractivity contribution >= 4 is 5.69 Å². The van der Waals surface area contributed by atoms with Gasteiger partial charge in [-0.05, 0) is 56.6 Å². The Hall–Kier alpha value is -1.02. The van der Waals surface area contributed by atoms with Gasteiger partial charge in [0.2, 0.25) is 0 Å². The van der Waals surface area contributed by atoms with Crippen LogP contribution in [0.5, 0.6) is 0 Å². The first-order valence-corrected chi connectivity index (χ1v) is 7.64. The molecular weight excluding hydrogens is 232 g/mol. The number of nitrogens with two attached hydrogens (primary N) is 1. The first kappa shape index (κ1) is 14.4. The smallest absolute Gasteiger partial charge is 0.0399 e. The largest absolute Gasteiger partial charge is 0.371 e. The lowest BCUT2D eigenvalue weighted by Gasteiger charge is -2.36. The zero-order valence-electron chi connectivity index (χ0n) is 12.6. The van der Waals surface area contributed by atoms with Gasteiger partial charge in [0.25, 0.3) is 0 Å². The highest BCUT2D eigenvalue weighted by Gasteiger charge is 2.23. The van der Waals surface area contributed by atoms with E-state index in [1.165, 1.54) is 36.9 Å². The molecule has 1 fully saturated rings. The number of anilines is 1. The van der Waals surface area contributed by atoms with Crippen molar-refractivity contribution in [2.75, 3.05) is 11.9 Å². The zero-order valence-corrected chi connectivity index (χ0v) is 12.6. The summed E-state index contributed by atoms with van der Waals surface area (Å²) in [6.07, 6.45) is 6.34. The van der Waals surface area contributed by atoms with E-state index in [1.807, 2.05) is 0 Å². The van der Waals surface area contributed by atoms with Gasteiger partial charge in [0, 0.05) is 24.8 Å². The van der Waals surface area contributed by atoms with Gasteiger partial charge in [0.05, 0.1) is 0 Å². The van der Waals surface area contributed by atoms with E-state index in [0.29, 0.717) is 6.04 Å². The Morgan fingerprint density at radius 1 is 1.21 bits per heavy atom. The number of hydrogen-bond acceptors (Lipinski definition) is 2. The number of para-hydroxylation sites is 1. The van der Waals surface area contributed by atoms with Crippen molar-refractivity contribution in [1.82, 2.24) is 0 Å². The van der Waals surface area contributed by atoms with Crippen molar-refractivity contribution in [3.8, 4) is 0 Å². The summed E-state index contributed by atoms with van der Waals surface area (Å²) < 4.78 is 0. The molecule has 1 aromatic carbocycles. The Balaban J connectivity index is 2.11. The molecule has 0 aromatic heterocycles. The van der Waals surface area contributed by atoms with E-state index in [4.69, 9.17) is 5.73 Å². The van der Waals surface area contributed by atoms with Crippen LogP contribution in [0.3, 0.4) is 0 Å². The van der Waals surface area contributed by atoms with E-state index in [1.54, 1.807) is 0 Å². The summed E-state index contributed by atoms with van der Waals surface area (Å²) in [5, 5.41) is 0. The Morgan fingerprint density at radius 2 is 1.84 bits per heavy atom. The summed E-state index contributed by atoms with van der Waals surface area (Å²) in [5.74, 6) is 0.906. The quantitative estimate of drug-likeness (QED) is 0.896. The molecule has 2 rings (SSSR count). The van der Waals surface area contributed by atoms with Crippen LogP contribution in [0.2, 0.25) is 0 Å². The van der Waals surface area contributed by atoms with Crippen LogP contribution >= 0.6 is 0 Å². The van der Waals surface area contributed by atoms with Gasteiger partial charge in [-0.3, -0.25) is 0 Å². The molecule has 1 atom stereocenters. The summed E-state index contributed by atoms with van der Waals surface area (Å²) in [4.78, 5) is 2.49. The van der Waals surface area contributed by atoms with Crippen LogP contribution < -0.4 is 10.6 Å².